The van der Waals surface area contributed by atoms with Crippen LogP contribution in [0.1, 0.15) is 33.6 Å². The summed E-state index contributed by atoms with van der Waals surface area (Å²) in [4.78, 5) is 19.3. The van der Waals surface area contributed by atoms with Crippen LogP contribution in [0.5, 0.6) is 23.0 Å². The molecule has 1 aliphatic carbocycles. The molecule has 0 saturated carbocycles. The van der Waals surface area contributed by atoms with Crippen molar-refractivity contribution in [3.63, 3.8) is 0 Å². The van der Waals surface area contributed by atoms with Crippen molar-refractivity contribution in [2.75, 3.05) is 33.8 Å². The van der Waals surface area contributed by atoms with E-state index in [1.165, 1.54) is 26.2 Å². The number of carbonyl (C=O) groups excluding carboxylic acids is 1. The summed E-state index contributed by atoms with van der Waals surface area (Å²) in [5, 5.41) is 7.95. The first-order valence-electron chi connectivity index (χ1n) is 11.8. The molecule has 2 heterocycles. The van der Waals surface area contributed by atoms with Crippen molar-refractivity contribution in [1.82, 2.24) is 10.1 Å². The molecule has 192 valence electrons. The van der Waals surface area contributed by atoms with Gasteiger partial charge in [-0.1, -0.05) is 5.16 Å². The monoisotopic (exact) mass is 521 g/mol. The van der Waals surface area contributed by atoms with Crippen molar-refractivity contribution >= 4 is 22.2 Å². The third kappa shape index (κ3) is 4.72. The lowest BCUT2D eigenvalue weighted by atomic mass is 9.95. The predicted octanol–water partition coefficient (Wildman–Crippen LogP) is 5.63. The van der Waals surface area contributed by atoms with Crippen LogP contribution in [0.3, 0.4) is 0 Å². The minimum Gasteiger partial charge on any atom is -0.497 e. The molecule has 0 radical (unpaired) electrons. The Morgan fingerprint density at radius 1 is 0.946 bits per heavy atom. The zero-order valence-corrected chi connectivity index (χ0v) is 21.9. The Balaban J connectivity index is 1.51. The topological polar surface area (TPSA) is 105 Å². The largest absolute Gasteiger partial charge is 0.497 e. The molecule has 0 spiro atoms. The average Bonchev–Trinajstić information content (AvgIpc) is 3.56. The molecule has 0 unspecified atom stereocenters. The number of fused-ring (bicyclic) bond motifs is 1. The molecule has 0 saturated heterocycles. The lowest BCUT2D eigenvalue weighted by Gasteiger charge is -2.14. The summed E-state index contributed by atoms with van der Waals surface area (Å²) in [5.41, 5.74) is 3.12. The van der Waals surface area contributed by atoms with E-state index < -0.39 is 0 Å². The van der Waals surface area contributed by atoms with Gasteiger partial charge in [0.1, 0.15) is 10.8 Å². The molecule has 2 aromatic carbocycles. The zero-order valence-electron chi connectivity index (χ0n) is 21.0. The summed E-state index contributed by atoms with van der Waals surface area (Å²) in [6.45, 7) is 0. The van der Waals surface area contributed by atoms with Gasteiger partial charge in [0.25, 0.3) is 11.8 Å². The second-order valence-electron chi connectivity index (χ2n) is 8.43. The second kappa shape index (κ2) is 10.5. The van der Waals surface area contributed by atoms with Gasteiger partial charge in [0.2, 0.25) is 11.6 Å². The molecule has 10 heteroatoms. The number of thiophene rings is 1. The van der Waals surface area contributed by atoms with Crippen LogP contribution in [0.15, 0.2) is 40.9 Å². The first kappa shape index (κ1) is 24.6. The Bertz CT molecular complexity index is 1400. The van der Waals surface area contributed by atoms with Gasteiger partial charge in [0, 0.05) is 16.0 Å². The van der Waals surface area contributed by atoms with E-state index in [1.807, 2.05) is 24.3 Å². The van der Waals surface area contributed by atoms with E-state index in [4.69, 9.17) is 23.5 Å². The number of hydrogen-bond donors (Lipinski definition) is 1. The minimum absolute atomic E-state index is 0.311. The van der Waals surface area contributed by atoms with Crippen molar-refractivity contribution in [3.8, 4) is 45.8 Å². The Morgan fingerprint density at radius 3 is 2.30 bits per heavy atom. The summed E-state index contributed by atoms with van der Waals surface area (Å²) >= 11 is 1.55. The van der Waals surface area contributed by atoms with Crippen molar-refractivity contribution in [3.05, 3.63) is 52.4 Å². The quantitative estimate of drug-likeness (QED) is 0.318. The average molecular weight is 522 g/mol. The maximum Gasteiger partial charge on any atom is 0.261 e. The molecule has 1 N–H and O–H groups in total. The van der Waals surface area contributed by atoms with Gasteiger partial charge in [-0.15, -0.1) is 11.3 Å². The standard InChI is InChI=1S/C27H27N3O6S/c1-32-17-11-9-15(10-12-17)24-28-26(36-30-24)22-18-7-5-6-8-21(18)37-27(22)29-25(31)16-13-19(33-2)23(35-4)20(14-16)34-3/h9-14H,5-8H2,1-4H3,(H,29,31). The first-order chi connectivity index (χ1) is 18.1. The van der Waals surface area contributed by atoms with Crippen molar-refractivity contribution in [2.45, 2.75) is 25.7 Å². The lowest BCUT2D eigenvalue weighted by molar-refractivity contribution is 0.102. The Hall–Kier alpha value is -4.05. The van der Waals surface area contributed by atoms with Gasteiger partial charge in [-0.25, -0.2) is 0 Å². The van der Waals surface area contributed by atoms with Crippen LogP contribution in [-0.2, 0) is 12.8 Å². The van der Waals surface area contributed by atoms with Crippen LogP contribution < -0.4 is 24.3 Å². The van der Waals surface area contributed by atoms with Crippen molar-refractivity contribution in [2.24, 2.45) is 0 Å². The van der Waals surface area contributed by atoms with Gasteiger partial charge in [0.05, 0.1) is 34.0 Å². The van der Waals surface area contributed by atoms with Crippen LogP contribution in [0.2, 0.25) is 0 Å². The van der Waals surface area contributed by atoms with Crippen molar-refractivity contribution in [1.29, 1.82) is 0 Å². The number of nitrogens with one attached hydrogen (secondary N) is 1. The van der Waals surface area contributed by atoms with Crippen LogP contribution in [0, 0.1) is 0 Å². The molecule has 37 heavy (non-hydrogen) atoms. The number of hydrogen-bond acceptors (Lipinski definition) is 9. The highest BCUT2D eigenvalue weighted by Crippen LogP contribution is 2.45. The third-order valence-electron chi connectivity index (χ3n) is 6.31. The molecular weight excluding hydrogens is 494 g/mol. The molecular formula is C27H27N3O6S. The van der Waals surface area contributed by atoms with E-state index in [2.05, 4.69) is 15.5 Å². The predicted molar refractivity (Wildman–Crippen MR) is 140 cm³/mol. The Kier molecular flexibility index (Phi) is 7.00. The number of ether oxygens (including phenoxy) is 4. The lowest BCUT2D eigenvalue weighted by Crippen LogP contribution is -2.12. The number of anilines is 1. The number of aromatic nitrogens is 2. The highest BCUT2D eigenvalue weighted by molar-refractivity contribution is 7.17. The number of methoxy groups -OCH3 is 4. The van der Waals surface area contributed by atoms with Crippen LogP contribution in [0.25, 0.3) is 22.8 Å². The number of carbonyl (C=O) groups is 1. The fourth-order valence-corrected chi connectivity index (χ4v) is 5.73. The molecule has 1 amide bonds. The maximum absolute atomic E-state index is 13.4. The first-order valence-corrected chi connectivity index (χ1v) is 12.6. The summed E-state index contributed by atoms with van der Waals surface area (Å²) in [7, 11) is 6.17. The summed E-state index contributed by atoms with van der Waals surface area (Å²) in [6, 6.07) is 10.7. The molecule has 0 bridgehead atoms. The fourth-order valence-electron chi connectivity index (χ4n) is 4.45. The normalized spacial score (nSPS) is 12.5. The number of aryl methyl sites for hydroxylation is 1. The highest BCUT2D eigenvalue weighted by Gasteiger charge is 2.28. The molecule has 0 fully saturated rings. The maximum atomic E-state index is 13.4. The molecule has 5 rings (SSSR count). The summed E-state index contributed by atoms with van der Waals surface area (Å²) < 4.78 is 27.2. The van der Waals surface area contributed by atoms with Crippen LogP contribution in [-0.4, -0.2) is 44.5 Å². The van der Waals surface area contributed by atoms with E-state index in [1.54, 1.807) is 30.6 Å². The molecule has 1 aliphatic rings. The minimum atomic E-state index is -0.311. The van der Waals surface area contributed by atoms with Gasteiger partial charge in [-0.05, 0) is 67.6 Å². The molecule has 0 aliphatic heterocycles. The van der Waals surface area contributed by atoms with Gasteiger partial charge in [0.15, 0.2) is 11.5 Å². The summed E-state index contributed by atoms with van der Waals surface area (Å²) in [6.07, 6.45) is 4.01. The Labute approximate surface area is 218 Å². The van der Waals surface area contributed by atoms with E-state index in [0.717, 1.165) is 48.1 Å². The zero-order chi connectivity index (χ0) is 25.9. The number of rotatable bonds is 8. The van der Waals surface area contributed by atoms with Gasteiger partial charge >= 0.3 is 0 Å². The van der Waals surface area contributed by atoms with Gasteiger partial charge in [-0.3, -0.25) is 4.79 Å². The van der Waals surface area contributed by atoms with E-state index in [9.17, 15) is 4.79 Å². The highest BCUT2D eigenvalue weighted by atomic mass is 32.1. The van der Waals surface area contributed by atoms with Gasteiger partial charge in [-0.2, -0.15) is 4.98 Å². The SMILES string of the molecule is COc1ccc(-c2noc(-c3c(NC(=O)c4cc(OC)c(OC)c(OC)c4)sc4c3CCCC4)n2)cc1. The fraction of sp³-hybridized carbons (Fsp3) is 0.296. The van der Waals surface area contributed by atoms with Gasteiger partial charge < -0.3 is 28.8 Å². The molecule has 9 nitrogen and oxygen atoms in total. The smallest absolute Gasteiger partial charge is 0.261 e. The third-order valence-corrected chi connectivity index (χ3v) is 7.52. The Morgan fingerprint density at radius 2 is 1.65 bits per heavy atom. The van der Waals surface area contributed by atoms with E-state index in [0.29, 0.717) is 39.5 Å². The van der Waals surface area contributed by atoms with E-state index >= 15 is 0 Å². The van der Waals surface area contributed by atoms with Crippen LogP contribution >= 0.6 is 11.3 Å². The summed E-state index contributed by atoms with van der Waals surface area (Å²) in [5.74, 6) is 2.51. The number of nitrogens with zero attached hydrogens (tertiary/aromatic N) is 2. The molecule has 4 aromatic rings. The molecule has 0 atom stereocenters. The number of amides is 1. The van der Waals surface area contributed by atoms with Crippen molar-refractivity contribution < 1.29 is 28.3 Å². The number of benzene rings is 2. The molecule has 2 aromatic heterocycles. The van der Waals surface area contributed by atoms with Crippen LogP contribution in [0.4, 0.5) is 5.00 Å². The van der Waals surface area contributed by atoms with E-state index in [-0.39, 0.29) is 5.91 Å². The second-order valence-corrected chi connectivity index (χ2v) is 9.54.